The highest BCUT2D eigenvalue weighted by Gasteiger charge is 2.12. The monoisotopic (exact) mass is 264 g/mol. The Kier molecular flexibility index (Phi) is 5.85. The van der Waals surface area contributed by atoms with Gasteiger partial charge in [-0.25, -0.2) is 4.79 Å². The number of anilines is 1. The first-order valence-corrected chi connectivity index (χ1v) is 6.34. The van der Waals surface area contributed by atoms with Crippen LogP contribution in [0.1, 0.15) is 25.3 Å². The predicted molar refractivity (Wildman–Crippen MR) is 74.2 cm³/mol. The molecule has 0 bridgehead atoms. The molecular formula is C14H20N2O3. The summed E-state index contributed by atoms with van der Waals surface area (Å²) in [6.45, 7) is 4.22. The SMILES string of the molecule is CCC(CNC(=O)Nc1cccc(C)c1)CC(=O)O. The van der Waals surface area contributed by atoms with E-state index in [4.69, 9.17) is 5.11 Å². The molecule has 0 aromatic heterocycles. The molecule has 0 spiro atoms. The molecule has 104 valence electrons. The molecule has 2 amide bonds. The number of carbonyl (C=O) groups is 2. The van der Waals surface area contributed by atoms with E-state index in [1.807, 2.05) is 32.0 Å². The van der Waals surface area contributed by atoms with Crippen molar-refractivity contribution in [2.75, 3.05) is 11.9 Å². The molecule has 1 aromatic carbocycles. The number of benzene rings is 1. The molecule has 0 aliphatic rings. The summed E-state index contributed by atoms with van der Waals surface area (Å²) in [5, 5.41) is 14.1. The second-order valence-corrected chi connectivity index (χ2v) is 4.58. The van der Waals surface area contributed by atoms with Crippen molar-refractivity contribution in [1.82, 2.24) is 5.32 Å². The normalized spacial score (nSPS) is 11.7. The average Bonchev–Trinajstić information content (AvgIpc) is 2.34. The second-order valence-electron chi connectivity index (χ2n) is 4.58. The molecule has 1 aromatic rings. The lowest BCUT2D eigenvalue weighted by Crippen LogP contribution is -2.33. The highest BCUT2D eigenvalue weighted by Crippen LogP contribution is 2.10. The van der Waals surface area contributed by atoms with Crippen LogP contribution in [-0.2, 0) is 4.79 Å². The van der Waals surface area contributed by atoms with Gasteiger partial charge in [-0.3, -0.25) is 4.79 Å². The van der Waals surface area contributed by atoms with Crippen LogP contribution in [0.5, 0.6) is 0 Å². The molecule has 1 rings (SSSR count). The van der Waals surface area contributed by atoms with Crippen molar-refractivity contribution in [1.29, 1.82) is 0 Å². The van der Waals surface area contributed by atoms with Crippen molar-refractivity contribution in [3.8, 4) is 0 Å². The minimum absolute atomic E-state index is 0.0410. The fourth-order valence-electron chi connectivity index (χ4n) is 1.74. The van der Waals surface area contributed by atoms with Gasteiger partial charge in [-0.2, -0.15) is 0 Å². The van der Waals surface area contributed by atoms with E-state index in [-0.39, 0.29) is 18.4 Å². The second kappa shape index (κ2) is 7.41. The predicted octanol–water partition coefficient (Wildman–Crippen LogP) is 2.62. The van der Waals surface area contributed by atoms with E-state index >= 15 is 0 Å². The standard InChI is InChI=1S/C14H20N2O3/c1-3-11(8-13(17)18)9-15-14(19)16-12-6-4-5-10(2)7-12/h4-7,11H,3,8-9H2,1-2H3,(H,17,18)(H2,15,16,19). The fraction of sp³-hybridized carbons (Fsp3) is 0.429. The summed E-state index contributed by atoms with van der Waals surface area (Å²) in [4.78, 5) is 22.3. The minimum atomic E-state index is -0.840. The highest BCUT2D eigenvalue weighted by atomic mass is 16.4. The molecule has 0 aliphatic carbocycles. The number of aliphatic carboxylic acids is 1. The van der Waals surface area contributed by atoms with Gasteiger partial charge in [-0.05, 0) is 30.5 Å². The van der Waals surface area contributed by atoms with Crippen LogP contribution in [0.4, 0.5) is 10.5 Å². The van der Waals surface area contributed by atoms with Crippen molar-refractivity contribution < 1.29 is 14.7 Å². The van der Waals surface area contributed by atoms with E-state index in [0.717, 1.165) is 17.7 Å². The minimum Gasteiger partial charge on any atom is -0.481 e. The summed E-state index contributed by atoms with van der Waals surface area (Å²) in [6, 6.07) is 7.18. The molecule has 0 heterocycles. The number of carboxylic acids is 1. The first-order chi connectivity index (χ1) is 9.01. The van der Waals surface area contributed by atoms with Gasteiger partial charge < -0.3 is 15.7 Å². The molecule has 3 N–H and O–H groups in total. The molecule has 1 unspecified atom stereocenters. The summed E-state index contributed by atoms with van der Waals surface area (Å²) in [7, 11) is 0. The molecule has 0 aliphatic heterocycles. The first-order valence-electron chi connectivity index (χ1n) is 6.34. The Bertz CT molecular complexity index is 446. The maximum atomic E-state index is 11.7. The maximum absolute atomic E-state index is 11.7. The van der Waals surface area contributed by atoms with Crippen molar-refractivity contribution in [3.63, 3.8) is 0 Å². The van der Waals surface area contributed by atoms with Crippen LogP contribution in [0.15, 0.2) is 24.3 Å². The number of rotatable bonds is 6. The summed E-state index contributed by atoms with van der Waals surface area (Å²) in [5.41, 5.74) is 1.79. The first kappa shape index (κ1) is 15.0. The number of urea groups is 1. The van der Waals surface area contributed by atoms with Gasteiger partial charge in [0, 0.05) is 18.7 Å². The Morgan fingerprint density at radius 1 is 1.37 bits per heavy atom. The van der Waals surface area contributed by atoms with Gasteiger partial charge in [0.2, 0.25) is 0 Å². The molecule has 5 nitrogen and oxygen atoms in total. The topological polar surface area (TPSA) is 78.4 Å². The molecule has 5 heteroatoms. The molecular weight excluding hydrogens is 244 g/mol. The van der Waals surface area contributed by atoms with Crippen LogP contribution in [0, 0.1) is 12.8 Å². The molecule has 0 radical (unpaired) electrons. The summed E-state index contributed by atoms with van der Waals surface area (Å²) < 4.78 is 0. The zero-order chi connectivity index (χ0) is 14.3. The number of aryl methyl sites for hydroxylation is 1. The lowest BCUT2D eigenvalue weighted by Gasteiger charge is -2.14. The van der Waals surface area contributed by atoms with Gasteiger partial charge in [0.15, 0.2) is 0 Å². The Morgan fingerprint density at radius 2 is 2.11 bits per heavy atom. The summed E-state index contributed by atoms with van der Waals surface area (Å²) >= 11 is 0. The highest BCUT2D eigenvalue weighted by molar-refractivity contribution is 5.89. The Labute approximate surface area is 113 Å². The van der Waals surface area contributed by atoms with Gasteiger partial charge >= 0.3 is 12.0 Å². The lowest BCUT2D eigenvalue weighted by molar-refractivity contribution is -0.138. The van der Waals surface area contributed by atoms with E-state index in [1.54, 1.807) is 6.07 Å². The third kappa shape index (κ3) is 5.90. The molecule has 1 atom stereocenters. The number of hydrogen-bond acceptors (Lipinski definition) is 2. The Hall–Kier alpha value is -2.04. The number of carboxylic acid groups (broad SMARTS) is 1. The van der Waals surface area contributed by atoms with Crippen molar-refractivity contribution in [2.24, 2.45) is 5.92 Å². The largest absolute Gasteiger partial charge is 0.481 e. The van der Waals surface area contributed by atoms with E-state index in [1.165, 1.54) is 0 Å². The number of nitrogens with one attached hydrogen (secondary N) is 2. The summed E-state index contributed by atoms with van der Waals surface area (Å²) in [6.07, 6.45) is 0.790. The number of carbonyl (C=O) groups excluding carboxylic acids is 1. The van der Waals surface area contributed by atoms with Gasteiger partial charge in [0.25, 0.3) is 0 Å². The van der Waals surface area contributed by atoms with Gasteiger partial charge in [0.1, 0.15) is 0 Å². The van der Waals surface area contributed by atoms with Gasteiger partial charge in [0.05, 0.1) is 0 Å². The van der Waals surface area contributed by atoms with Crippen molar-refractivity contribution >= 4 is 17.7 Å². The van der Waals surface area contributed by atoms with E-state index in [9.17, 15) is 9.59 Å². The Morgan fingerprint density at radius 3 is 2.68 bits per heavy atom. The molecule has 19 heavy (non-hydrogen) atoms. The van der Waals surface area contributed by atoms with Crippen LogP contribution in [0.3, 0.4) is 0 Å². The van der Waals surface area contributed by atoms with Crippen LogP contribution >= 0.6 is 0 Å². The van der Waals surface area contributed by atoms with Crippen LogP contribution in [0.25, 0.3) is 0 Å². The smallest absolute Gasteiger partial charge is 0.319 e. The molecule has 0 saturated heterocycles. The van der Waals surface area contributed by atoms with Crippen molar-refractivity contribution in [3.05, 3.63) is 29.8 Å². The van der Waals surface area contributed by atoms with E-state index in [2.05, 4.69) is 10.6 Å². The fourth-order valence-corrected chi connectivity index (χ4v) is 1.74. The van der Waals surface area contributed by atoms with Crippen molar-refractivity contribution in [2.45, 2.75) is 26.7 Å². The average molecular weight is 264 g/mol. The number of hydrogen-bond donors (Lipinski definition) is 3. The number of amides is 2. The van der Waals surface area contributed by atoms with Crippen LogP contribution in [-0.4, -0.2) is 23.7 Å². The van der Waals surface area contributed by atoms with Gasteiger partial charge in [-0.15, -0.1) is 0 Å². The van der Waals surface area contributed by atoms with Crippen LogP contribution in [0.2, 0.25) is 0 Å². The molecule has 0 fully saturated rings. The van der Waals surface area contributed by atoms with E-state index in [0.29, 0.717) is 6.54 Å². The maximum Gasteiger partial charge on any atom is 0.319 e. The Balaban J connectivity index is 2.40. The summed E-state index contributed by atoms with van der Waals surface area (Å²) in [5.74, 6) is -0.881. The van der Waals surface area contributed by atoms with E-state index < -0.39 is 5.97 Å². The third-order valence-corrected chi connectivity index (χ3v) is 2.87. The zero-order valence-corrected chi connectivity index (χ0v) is 11.3. The lowest BCUT2D eigenvalue weighted by atomic mass is 10.0. The van der Waals surface area contributed by atoms with Gasteiger partial charge in [-0.1, -0.05) is 25.5 Å². The zero-order valence-electron chi connectivity index (χ0n) is 11.3. The molecule has 0 saturated carbocycles. The third-order valence-electron chi connectivity index (χ3n) is 2.87. The quantitative estimate of drug-likeness (QED) is 0.739. The van der Waals surface area contributed by atoms with Crippen LogP contribution < -0.4 is 10.6 Å².